The number of aliphatic hydroxyl groups is 3. The lowest BCUT2D eigenvalue weighted by Gasteiger charge is -2.12. The predicted octanol–water partition coefficient (Wildman–Crippen LogP) is 0.830. The molecular weight excluding hydrogens is 296 g/mol. The lowest BCUT2D eigenvalue weighted by Crippen LogP contribution is -2.18. The van der Waals surface area contributed by atoms with Gasteiger partial charge in [-0.05, 0) is 5.75 Å². The molecule has 17 heavy (non-hydrogen) atoms. The summed E-state index contributed by atoms with van der Waals surface area (Å²) in [5.74, 6) is 5.18. The monoisotopic (exact) mass is 318 g/mol. The summed E-state index contributed by atoms with van der Waals surface area (Å²) in [6.07, 6.45) is -0.656. The molecule has 0 aromatic carbocycles. The zero-order valence-corrected chi connectivity index (χ0v) is 13.2. The van der Waals surface area contributed by atoms with Crippen LogP contribution in [0.4, 0.5) is 0 Å². The van der Waals surface area contributed by atoms with Gasteiger partial charge in [-0.15, -0.1) is 0 Å². The Balaban J connectivity index is 3.29. The molecule has 0 amide bonds. The van der Waals surface area contributed by atoms with Gasteiger partial charge in [-0.3, -0.25) is 0 Å². The van der Waals surface area contributed by atoms with Crippen molar-refractivity contribution in [2.75, 3.05) is 46.9 Å². The van der Waals surface area contributed by atoms with Crippen LogP contribution in [-0.2, 0) is 0 Å². The van der Waals surface area contributed by atoms with Gasteiger partial charge in [0.2, 0.25) is 0 Å². The molecule has 0 bridgehead atoms. The first-order chi connectivity index (χ1) is 8.20. The normalized spacial score (nSPS) is 14.8. The Bertz CT molecular complexity index is 146. The van der Waals surface area contributed by atoms with Gasteiger partial charge in [0.25, 0.3) is 0 Å². The van der Waals surface area contributed by atoms with Gasteiger partial charge in [-0.1, -0.05) is 0 Å². The van der Waals surface area contributed by atoms with Crippen LogP contribution >= 0.6 is 47.9 Å². The van der Waals surface area contributed by atoms with Gasteiger partial charge in [-0.25, -0.2) is 0 Å². The second kappa shape index (κ2) is 13.7. The highest BCUT2D eigenvalue weighted by Gasteiger charge is 2.08. The first-order valence-electron chi connectivity index (χ1n) is 5.51. The highest BCUT2D eigenvalue weighted by molar-refractivity contribution is 8.01. The minimum atomic E-state index is -0.353. The van der Waals surface area contributed by atoms with Gasteiger partial charge in [0.15, 0.2) is 0 Å². The minimum Gasteiger partial charge on any atom is -0.396 e. The molecule has 0 aliphatic rings. The van der Waals surface area contributed by atoms with Gasteiger partial charge < -0.3 is 15.3 Å². The molecule has 104 valence electrons. The van der Waals surface area contributed by atoms with Crippen molar-refractivity contribution in [2.45, 2.75) is 12.2 Å². The maximum Gasteiger partial charge on any atom is 0.0720 e. The Morgan fingerprint density at radius 3 is 1.76 bits per heavy atom. The molecule has 0 aliphatic carbocycles. The molecule has 0 heterocycles. The molecule has 0 aliphatic heterocycles. The number of rotatable bonds is 12. The Kier molecular flexibility index (Phi) is 14.7. The molecule has 2 unspecified atom stereocenters. The van der Waals surface area contributed by atoms with Crippen LogP contribution in [0.2, 0.25) is 0 Å². The fourth-order valence-corrected chi connectivity index (χ4v) is 3.98. The molecule has 0 fully saturated rings. The fraction of sp³-hybridized carbons (Fsp3) is 1.00. The molecule has 0 spiro atoms. The minimum absolute atomic E-state index is 0.158. The number of thioether (sulfide) groups is 3. The molecule has 0 saturated heterocycles. The van der Waals surface area contributed by atoms with Crippen LogP contribution < -0.4 is 0 Å². The molecule has 3 nitrogen and oxygen atoms in total. The van der Waals surface area contributed by atoms with Crippen LogP contribution in [0.25, 0.3) is 0 Å². The van der Waals surface area contributed by atoms with Gasteiger partial charge in [0, 0.05) is 34.5 Å². The SMILES string of the molecule is OCCSCC(O)CSCC(O)CSCCS. The molecule has 2 atom stereocenters. The van der Waals surface area contributed by atoms with E-state index in [4.69, 9.17) is 5.11 Å². The van der Waals surface area contributed by atoms with Crippen molar-refractivity contribution in [2.24, 2.45) is 0 Å². The fourth-order valence-electron chi connectivity index (χ4n) is 1.00. The number of thiol groups is 1. The van der Waals surface area contributed by atoms with E-state index in [2.05, 4.69) is 12.6 Å². The number of hydrogen-bond donors (Lipinski definition) is 4. The molecular formula is C10H22O3S4. The van der Waals surface area contributed by atoms with Gasteiger partial charge in [-0.2, -0.15) is 47.9 Å². The first kappa shape index (κ1) is 18.3. The van der Waals surface area contributed by atoms with Crippen LogP contribution in [0, 0.1) is 0 Å². The average Bonchev–Trinajstić information content (AvgIpc) is 2.30. The Labute approximate surface area is 122 Å². The zero-order valence-electron chi connectivity index (χ0n) is 9.83. The molecule has 7 heteroatoms. The highest BCUT2D eigenvalue weighted by Crippen LogP contribution is 2.12. The van der Waals surface area contributed by atoms with Crippen LogP contribution in [0.3, 0.4) is 0 Å². The van der Waals surface area contributed by atoms with Gasteiger partial charge in [0.1, 0.15) is 0 Å². The number of hydrogen-bond acceptors (Lipinski definition) is 7. The van der Waals surface area contributed by atoms with E-state index in [1.54, 1.807) is 35.3 Å². The summed E-state index contributed by atoms with van der Waals surface area (Å²) in [7, 11) is 0. The molecule has 0 rings (SSSR count). The topological polar surface area (TPSA) is 60.7 Å². The van der Waals surface area contributed by atoms with Crippen molar-refractivity contribution >= 4 is 47.9 Å². The molecule has 0 saturated carbocycles. The van der Waals surface area contributed by atoms with E-state index >= 15 is 0 Å². The average molecular weight is 319 g/mol. The van der Waals surface area contributed by atoms with Crippen LogP contribution in [-0.4, -0.2) is 74.4 Å². The standard InChI is InChI=1S/C10H22O3S4/c11-1-3-15-5-9(12)7-17-8-10(13)6-16-4-2-14/h9-14H,1-8H2. The van der Waals surface area contributed by atoms with Crippen molar-refractivity contribution in [1.29, 1.82) is 0 Å². The van der Waals surface area contributed by atoms with E-state index in [0.717, 1.165) is 17.3 Å². The Morgan fingerprint density at radius 1 is 0.824 bits per heavy atom. The zero-order chi connectivity index (χ0) is 12.9. The largest absolute Gasteiger partial charge is 0.396 e. The third-order valence-corrected chi connectivity index (χ3v) is 5.68. The molecule has 3 N–H and O–H groups in total. The maximum absolute atomic E-state index is 9.62. The summed E-state index contributed by atoms with van der Waals surface area (Å²) >= 11 is 8.93. The Morgan fingerprint density at radius 2 is 1.29 bits per heavy atom. The van der Waals surface area contributed by atoms with E-state index in [0.29, 0.717) is 23.0 Å². The van der Waals surface area contributed by atoms with E-state index < -0.39 is 0 Å². The van der Waals surface area contributed by atoms with E-state index in [1.165, 1.54) is 0 Å². The first-order valence-corrected chi connectivity index (χ1v) is 9.61. The smallest absolute Gasteiger partial charge is 0.0720 e. The van der Waals surface area contributed by atoms with Crippen molar-refractivity contribution < 1.29 is 15.3 Å². The third kappa shape index (κ3) is 13.5. The second-order valence-electron chi connectivity index (χ2n) is 3.44. The summed E-state index contributed by atoms with van der Waals surface area (Å²) in [5, 5.41) is 27.8. The third-order valence-electron chi connectivity index (χ3n) is 1.71. The predicted molar refractivity (Wildman–Crippen MR) is 84.9 cm³/mol. The van der Waals surface area contributed by atoms with Crippen LogP contribution in [0.1, 0.15) is 0 Å². The highest BCUT2D eigenvalue weighted by atomic mass is 32.2. The summed E-state index contributed by atoms with van der Waals surface area (Å²) in [4.78, 5) is 0. The maximum atomic E-state index is 9.62. The van der Waals surface area contributed by atoms with Crippen LogP contribution in [0.5, 0.6) is 0 Å². The second-order valence-corrected chi connectivity index (χ2v) is 7.26. The van der Waals surface area contributed by atoms with E-state index in [1.807, 2.05) is 0 Å². The van der Waals surface area contributed by atoms with Gasteiger partial charge >= 0.3 is 0 Å². The lowest BCUT2D eigenvalue weighted by atomic mass is 10.5. The molecule has 0 aromatic rings. The summed E-state index contributed by atoms with van der Waals surface area (Å²) in [6, 6.07) is 0. The Hall–Kier alpha value is 1.28. The summed E-state index contributed by atoms with van der Waals surface area (Å²) in [6.45, 7) is 0.158. The summed E-state index contributed by atoms with van der Waals surface area (Å²) < 4.78 is 0. The van der Waals surface area contributed by atoms with Crippen molar-refractivity contribution in [3.8, 4) is 0 Å². The molecule has 0 aromatic heterocycles. The van der Waals surface area contributed by atoms with Gasteiger partial charge in [0.05, 0.1) is 18.8 Å². The van der Waals surface area contributed by atoms with Crippen molar-refractivity contribution in [1.82, 2.24) is 0 Å². The summed E-state index contributed by atoms with van der Waals surface area (Å²) in [5.41, 5.74) is 0. The van der Waals surface area contributed by atoms with Crippen molar-refractivity contribution in [3.05, 3.63) is 0 Å². The van der Waals surface area contributed by atoms with E-state index in [-0.39, 0.29) is 18.8 Å². The van der Waals surface area contributed by atoms with Crippen LogP contribution in [0.15, 0.2) is 0 Å². The molecule has 0 radical (unpaired) electrons. The quantitative estimate of drug-likeness (QED) is 0.316. The number of aliphatic hydroxyl groups excluding tert-OH is 3. The van der Waals surface area contributed by atoms with Crippen molar-refractivity contribution in [3.63, 3.8) is 0 Å². The van der Waals surface area contributed by atoms with E-state index in [9.17, 15) is 10.2 Å². The lowest BCUT2D eigenvalue weighted by molar-refractivity contribution is 0.220.